The van der Waals surface area contributed by atoms with E-state index < -0.39 is 6.09 Å². The Morgan fingerprint density at radius 3 is 2.94 bits per heavy atom. The molecule has 0 bridgehead atoms. The van der Waals surface area contributed by atoms with Crippen molar-refractivity contribution in [1.82, 2.24) is 10.9 Å². The molecule has 1 unspecified atom stereocenters. The predicted molar refractivity (Wildman–Crippen MR) is 65.4 cm³/mol. The third-order valence-electron chi connectivity index (χ3n) is 2.82. The summed E-state index contributed by atoms with van der Waals surface area (Å²) in [6.07, 6.45) is 1.52. The molecule has 0 saturated carbocycles. The summed E-state index contributed by atoms with van der Waals surface area (Å²) in [5, 5.41) is 0. The van der Waals surface area contributed by atoms with Gasteiger partial charge >= 0.3 is 6.09 Å². The van der Waals surface area contributed by atoms with Gasteiger partial charge in [-0.2, -0.15) is 0 Å². The predicted octanol–water partition coefficient (Wildman–Crippen LogP) is 2.31. The number of amides is 1. The lowest BCUT2D eigenvalue weighted by Crippen LogP contribution is -2.40. The van der Waals surface area contributed by atoms with E-state index in [0.29, 0.717) is 0 Å². The Morgan fingerprint density at radius 1 is 1.41 bits per heavy atom. The van der Waals surface area contributed by atoms with Crippen molar-refractivity contribution in [2.75, 3.05) is 0 Å². The van der Waals surface area contributed by atoms with E-state index in [9.17, 15) is 4.79 Å². The van der Waals surface area contributed by atoms with Gasteiger partial charge in [0.1, 0.15) is 0 Å². The fraction of sp³-hybridized carbons (Fsp3) is 0.462. The van der Waals surface area contributed by atoms with E-state index in [-0.39, 0.29) is 12.1 Å². The van der Waals surface area contributed by atoms with Gasteiger partial charge in [0.15, 0.2) is 0 Å². The van der Waals surface area contributed by atoms with Crippen molar-refractivity contribution in [3.05, 3.63) is 35.4 Å². The smallest absolute Gasteiger partial charge is 0.421 e. The molecule has 2 N–H and O–H groups in total. The van der Waals surface area contributed by atoms with Gasteiger partial charge in [0.05, 0.1) is 12.1 Å². The summed E-state index contributed by atoms with van der Waals surface area (Å²) in [5.41, 5.74) is 8.22. The lowest BCUT2D eigenvalue weighted by atomic mass is 10.1. The van der Waals surface area contributed by atoms with Crippen molar-refractivity contribution in [3.63, 3.8) is 0 Å². The first-order valence-electron chi connectivity index (χ1n) is 5.97. The number of rotatable bonds is 3. The lowest BCUT2D eigenvalue weighted by molar-refractivity contribution is 0.109. The normalized spacial score (nSPS) is 17.9. The van der Waals surface area contributed by atoms with Gasteiger partial charge in [-0.05, 0) is 37.8 Å². The summed E-state index contributed by atoms with van der Waals surface area (Å²) in [4.78, 5) is 11.3. The first-order chi connectivity index (χ1) is 8.16. The highest BCUT2D eigenvalue weighted by Gasteiger charge is 2.22. The fourth-order valence-electron chi connectivity index (χ4n) is 2.10. The molecule has 0 aromatic heterocycles. The maximum Gasteiger partial charge on any atom is 0.421 e. The molecule has 4 heteroatoms. The molecule has 0 aliphatic heterocycles. The second kappa shape index (κ2) is 5.19. The summed E-state index contributed by atoms with van der Waals surface area (Å²) in [7, 11) is 0. The quantitative estimate of drug-likeness (QED) is 0.789. The average Bonchev–Trinajstić information content (AvgIpc) is 2.69. The zero-order chi connectivity index (χ0) is 12.3. The van der Waals surface area contributed by atoms with Crippen molar-refractivity contribution in [2.24, 2.45) is 0 Å². The van der Waals surface area contributed by atoms with Crippen LogP contribution in [0.25, 0.3) is 0 Å². The largest absolute Gasteiger partial charge is 0.446 e. The number of aryl methyl sites for hydroxylation is 1. The van der Waals surface area contributed by atoms with Crippen LogP contribution in [0.4, 0.5) is 4.79 Å². The first-order valence-corrected chi connectivity index (χ1v) is 5.97. The van der Waals surface area contributed by atoms with Crippen molar-refractivity contribution >= 4 is 6.09 Å². The van der Waals surface area contributed by atoms with E-state index in [2.05, 4.69) is 23.0 Å². The molecule has 1 atom stereocenters. The number of carbonyl (C=O) groups is 1. The number of ether oxygens (including phenoxy) is 1. The van der Waals surface area contributed by atoms with E-state index in [4.69, 9.17) is 4.74 Å². The topological polar surface area (TPSA) is 50.4 Å². The molecule has 0 spiro atoms. The molecular weight excluding hydrogens is 216 g/mol. The summed E-state index contributed by atoms with van der Waals surface area (Å²) in [6, 6.07) is 8.47. The molecule has 0 heterocycles. The second-order valence-electron chi connectivity index (χ2n) is 4.51. The first kappa shape index (κ1) is 11.9. The molecule has 2 rings (SSSR count). The van der Waals surface area contributed by atoms with Crippen LogP contribution in [0.3, 0.4) is 0 Å². The second-order valence-corrected chi connectivity index (χ2v) is 4.51. The van der Waals surface area contributed by atoms with Crippen LogP contribution < -0.4 is 10.9 Å². The Morgan fingerprint density at radius 2 is 2.18 bits per heavy atom. The van der Waals surface area contributed by atoms with Gasteiger partial charge < -0.3 is 4.74 Å². The van der Waals surface area contributed by atoms with Crippen LogP contribution in [0.5, 0.6) is 0 Å². The highest BCUT2D eigenvalue weighted by atomic mass is 16.6. The lowest BCUT2D eigenvalue weighted by Gasteiger charge is -2.15. The minimum atomic E-state index is -0.426. The number of hydrogen-bond acceptors (Lipinski definition) is 3. The standard InChI is InChI=1S/C13H18N2O2/c1-9(2)17-13(16)15-14-12-8-7-10-5-3-4-6-11(10)12/h3-6,9,12,14H,7-8H2,1-2H3,(H,15,16). The van der Waals surface area contributed by atoms with Crippen LogP contribution in [0.15, 0.2) is 24.3 Å². The average molecular weight is 234 g/mol. The van der Waals surface area contributed by atoms with Crippen LogP contribution in [0, 0.1) is 0 Å². The van der Waals surface area contributed by atoms with E-state index in [0.717, 1.165) is 12.8 Å². The molecule has 1 amide bonds. The highest BCUT2D eigenvalue weighted by Crippen LogP contribution is 2.29. The van der Waals surface area contributed by atoms with Gasteiger partial charge in [-0.15, -0.1) is 0 Å². The molecule has 1 aromatic carbocycles. The van der Waals surface area contributed by atoms with E-state index >= 15 is 0 Å². The molecule has 1 aliphatic rings. The Balaban J connectivity index is 1.88. The van der Waals surface area contributed by atoms with Crippen LogP contribution in [0.2, 0.25) is 0 Å². The summed E-state index contributed by atoms with van der Waals surface area (Å²) < 4.78 is 4.99. The Hall–Kier alpha value is -1.55. The maximum atomic E-state index is 11.3. The number of hydrogen-bond donors (Lipinski definition) is 2. The molecule has 4 nitrogen and oxygen atoms in total. The van der Waals surface area contributed by atoms with Gasteiger partial charge in [-0.1, -0.05) is 24.3 Å². The highest BCUT2D eigenvalue weighted by molar-refractivity contribution is 5.66. The summed E-state index contributed by atoms with van der Waals surface area (Å²) >= 11 is 0. The van der Waals surface area contributed by atoms with Crippen molar-refractivity contribution < 1.29 is 9.53 Å². The number of carbonyl (C=O) groups excluding carboxylic acids is 1. The fourth-order valence-corrected chi connectivity index (χ4v) is 2.10. The van der Waals surface area contributed by atoms with Crippen LogP contribution in [-0.2, 0) is 11.2 Å². The molecule has 0 fully saturated rings. The number of benzene rings is 1. The molecule has 92 valence electrons. The number of hydrazine groups is 1. The van der Waals surface area contributed by atoms with Gasteiger partial charge in [-0.3, -0.25) is 5.43 Å². The van der Waals surface area contributed by atoms with E-state index in [1.165, 1.54) is 11.1 Å². The van der Waals surface area contributed by atoms with Gasteiger partial charge in [0, 0.05) is 0 Å². The summed E-state index contributed by atoms with van der Waals surface area (Å²) in [5.74, 6) is 0. The molecule has 17 heavy (non-hydrogen) atoms. The van der Waals surface area contributed by atoms with E-state index in [1.54, 1.807) is 0 Å². The molecule has 1 aromatic rings. The minimum Gasteiger partial charge on any atom is -0.446 e. The van der Waals surface area contributed by atoms with Gasteiger partial charge in [0.2, 0.25) is 0 Å². The monoisotopic (exact) mass is 234 g/mol. The molecular formula is C13H18N2O2. The van der Waals surface area contributed by atoms with Crippen molar-refractivity contribution in [2.45, 2.75) is 38.8 Å². The Kier molecular flexibility index (Phi) is 3.64. The van der Waals surface area contributed by atoms with Crippen LogP contribution >= 0.6 is 0 Å². The van der Waals surface area contributed by atoms with Gasteiger partial charge in [-0.25, -0.2) is 10.2 Å². The number of fused-ring (bicyclic) bond motifs is 1. The van der Waals surface area contributed by atoms with Crippen LogP contribution in [-0.4, -0.2) is 12.2 Å². The van der Waals surface area contributed by atoms with Crippen molar-refractivity contribution in [3.8, 4) is 0 Å². The third kappa shape index (κ3) is 2.97. The molecule has 1 aliphatic carbocycles. The Bertz CT molecular complexity index is 404. The van der Waals surface area contributed by atoms with Gasteiger partial charge in [0.25, 0.3) is 0 Å². The molecule has 0 radical (unpaired) electrons. The maximum absolute atomic E-state index is 11.3. The summed E-state index contributed by atoms with van der Waals surface area (Å²) in [6.45, 7) is 3.65. The SMILES string of the molecule is CC(C)OC(=O)NNC1CCc2ccccc21. The third-order valence-corrected chi connectivity index (χ3v) is 2.82. The Labute approximate surface area is 101 Å². The zero-order valence-electron chi connectivity index (χ0n) is 10.2. The van der Waals surface area contributed by atoms with Crippen molar-refractivity contribution in [1.29, 1.82) is 0 Å². The molecule has 0 saturated heterocycles. The zero-order valence-corrected chi connectivity index (χ0v) is 10.2. The van der Waals surface area contributed by atoms with E-state index in [1.807, 2.05) is 26.0 Å². The van der Waals surface area contributed by atoms with Crippen LogP contribution in [0.1, 0.15) is 37.4 Å². The number of nitrogens with one attached hydrogen (secondary N) is 2. The minimum absolute atomic E-state index is 0.104.